The second kappa shape index (κ2) is 9.49. The molecule has 0 spiro atoms. The fourth-order valence-corrected chi connectivity index (χ4v) is 3.42. The summed E-state index contributed by atoms with van der Waals surface area (Å²) in [6, 6.07) is 18.2. The first kappa shape index (κ1) is 21.4. The quantitative estimate of drug-likeness (QED) is 0.616. The second-order valence-corrected chi connectivity index (χ2v) is 8.63. The number of anilines is 1. The number of ether oxygens (including phenoxy) is 1. The summed E-state index contributed by atoms with van der Waals surface area (Å²) >= 11 is 1.27. The normalized spacial score (nSPS) is 12.1. The maximum absolute atomic E-state index is 12.9. The lowest BCUT2D eigenvalue weighted by Gasteiger charge is -2.23. The first-order chi connectivity index (χ1) is 14.3. The van der Waals surface area contributed by atoms with Gasteiger partial charge < -0.3 is 10.1 Å². The minimum absolute atomic E-state index is 0.316. The summed E-state index contributed by atoms with van der Waals surface area (Å²) < 4.78 is 5.31. The maximum Gasteiger partial charge on any atom is 0.408 e. The van der Waals surface area contributed by atoms with Gasteiger partial charge in [-0.3, -0.25) is 10.1 Å². The van der Waals surface area contributed by atoms with E-state index in [1.807, 2.05) is 60.7 Å². The molecule has 1 aromatic heterocycles. The molecular formula is C22H24N4O3S. The summed E-state index contributed by atoms with van der Waals surface area (Å²) in [6.07, 6.45) is -0.336. The Morgan fingerprint density at radius 2 is 1.63 bits per heavy atom. The van der Waals surface area contributed by atoms with Crippen LogP contribution in [0.4, 0.5) is 9.93 Å². The number of nitrogens with zero attached hydrogens (tertiary/aromatic N) is 2. The summed E-state index contributed by atoms with van der Waals surface area (Å²) in [5.41, 5.74) is 1.17. The van der Waals surface area contributed by atoms with Crippen molar-refractivity contribution < 1.29 is 14.3 Å². The molecule has 156 valence electrons. The molecule has 0 aliphatic heterocycles. The van der Waals surface area contributed by atoms with Crippen molar-refractivity contribution in [3.63, 3.8) is 0 Å². The number of amides is 2. The van der Waals surface area contributed by atoms with Gasteiger partial charge in [0.1, 0.15) is 16.7 Å². The molecule has 0 fully saturated rings. The molecule has 0 saturated carbocycles. The first-order valence-electron chi connectivity index (χ1n) is 9.53. The molecule has 0 saturated heterocycles. The number of benzene rings is 2. The van der Waals surface area contributed by atoms with Gasteiger partial charge in [-0.25, -0.2) is 4.79 Å². The molecule has 0 aliphatic rings. The average molecular weight is 425 g/mol. The number of rotatable bonds is 6. The van der Waals surface area contributed by atoms with Gasteiger partial charge in [0.25, 0.3) is 0 Å². The van der Waals surface area contributed by atoms with E-state index in [9.17, 15) is 9.59 Å². The monoisotopic (exact) mass is 424 g/mol. The first-order valence-corrected chi connectivity index (χ1v) is 10.3. The summed E-state index contributed by atoms with van der Waals surface area (Å²) in [6.45, 7) is 5.31. The van der Waals surface area contributed by atoms with Gasteiger partial charge >= 0.3 is 6.09 Å². The van der Waals surface area contributed by atoms with Crippen molar-refractivity contribution in [1.29, 1.82) is 0 Å². The highest BCUT2D eigenvalue weighted by atomic mass is 32.1. The fraction of sp³-hybridized carbons (Fsp3) is 0.273. The van der Waals surface area contributed by atoms with Crippen LogP contribution in [-0.4, -0.2) is 33.8 Å². The van der Waals surface area contributed by atoms with Crippen LogP contribution in [-0.2, 0) is 16.0 Å². The van der Waals surface area contributed by atoms with Gasteiger partial charge in [-0.15, -0.1) is 10.2 Å². The topological polar surface area (TPSA) is 93.2 Å². The highest BCUT2D eigenvalue weighted by Crippen LogP contribution is 2.26. The SMILES string of the molecule is CC(C)(C)OC(=O)NC(Cc1ccccc1)C(=O)Nc1nnc(-c2ccccc2)s1. The summed E-state index contributed by atoms with van der Waals surface area (Å²) in [5.74, 6) is -0.388. The Labute approximate surface area is 179 Å². The van der Waals surface area contributed by atoms with E-state index in [1.165, 1.54) is 11.3 Å². The molecule has 30 heavy (non-hydrogen) atoms. The van der Waals surface area contributed by atoms with E-state index in [0.29, 0.717) is 16.6 Å². The number of hydrogen-bond donors (Lipinski definition) is 2. The zero-order valence-corrected chi connectivity index (χ0v) is 17.9. The molecule has 1 unspecified atom stereocenters. The molecule has 8 heteroatoms. The third-order valence-electron chi connectivity index (χ3n) is 3.97. The van der Waals surface area contributed by atoms with Crippen LogP contribution in [0.3, 0.4) is 0 Å². The maximum atomic E-state index is 12.9. The van der Waals surface area contributed by atoms with Crippen molar-refractivity contribution in [2.45, 2.75) is 38.8 Å². The van der Waals surface area contributed by atoms with Gasteiger partial charge in [0.05, 0.1) is 0 Å². The van der Waals surface area contributed by atoms with Crippen LogP contribution >= 0.6 is 11.3 Å². The van der Waals surface area contributed by atoms with Crippen molar-refractivity contribution in [1.82, 2.24) is 15.5 Å². The van der Waals surface area contributed by atoms with Crippen molar-refractivity contribution in [2.24, 2.45) is 0 Å². The molecule has 0 radical (unpaired) electrons. The van der Waals surface area contributed by atoms with E-state index in [1.54, 1.807) is 20.8 Å². The molecule has 1 atom stereocenters. The van der Waals surface area contributed by atoms with Gasteiger partial charge in [-0.2, -0.15) is 0 Å². The van der Waals surface area contributed by atoms with E-state index < -0.39 is 17.7 Å². The van der Waals surface area contributed by atoms with E-state index in [0.717, 1.165) is 11.1 Å². The lowest BCUT2D eigenvalue weighted by atomic mass is 10.1. The Balaban J connectivity index is 1.72. The van der Waals surface area contributed by atoms with Gasteiger partial charge in [0.15, 0.2) is 0 Å². The highest BCUT2D eigenvalue weighted by Gasteiger charge is 2.25. The van der Waals surface area contributed by atoms with Crippen LogP contribution in [0.1, 0.15) is 26.3 Å². The Morgan fingerprint density at radius 1 is 1.00 bits per heavy atom. The van der Waals surface area contributed by atoms with Crippen molar-refractivity contribution in [3.05, 3.63) is 66.2 Å². The van der Waals surface area contributed by atoms with E-state index in [2.05, 4.69) is 20.8 Å². The Morgan fingerprint density at radius 3 is 2.27 bits per heavy atom. The largest absolute Gasteiger partial charge is 0.444 e. The van der Waals surface area contributed by atoms with Gasteiger partial charge in [0, 0.05) is 12.0 Å². The number of carbonyl (C=O) groups is 2. The van der Waals surface area contributed by atoms with Crippen LogP contribution in [0.5, 0.6) is 0 Å². The molecule has 2 aromatic carbocycles. The molecule has 1 heterocycles. The highest BCUT2D eigenvalue weighted by molar-refractivity contribution is 7.18. The third-order valence-corrected chi connectivity index (χ3v) is 4.85. The minimum Gasteiger partial charge on any atom is -0.444 e. The standard InChI is InChI=1S/C22H24N4O3S/c1-22(2,3)29-21(28)23-17(14-15-10-6-4-7-11-15)18(27)24-20-26-25-19(30-20)16-12-8-5-9-13-16/h4-13,17H,14H2,1-3H3,(H,23,28)(H,24,26,27). The van der Waals surface area contributed by atoms with Crippen molar-refractivity contribution in [3.8, 4) is 10.6 Å². The van der Waals surface area contributed by atoms with E-state index in [4.69, 9.17) is 4.74 Å². The lowest BCUT2D eigenvalue weighted by Crippen LogP contribution is -2.47. The molecule has 2 amide bonds. The number of aromatic nitrogens is 2. The second-order valence-electron chi connectivity index (χ2n) is 7.66. The van der Waals surface area contributed by atoms with Crippen molar-refractivity contribution in [2.75, 3.05) is 5.32 Å². The Hall–Kier alpha value is -3.26. The van der Waals surface area contributed by atoms with Gasteiger partial charge in [-0.1, -0.05) is 72.0 Å². The molecule has 0 bridgehead atoms. The van der Waals surface area contributed by atoms with E-state index in [-0.39, 0.29) is 5.91 Å². The molecule has 0 aliphatic carbocycles. The van der Waals surface area contributed by atoms with Gasteiger partial charge in [-0.05, 0) is 26.3 Å². The summed E-state index contributed by atoms with van der Waals surface area (Å²) in [7, 11) is 0. The zero-order chi connectivity index (χ0) is 21.6. The Bertz CT molecular complexity index is 984. The number of hydrogen-bond acceptors (Lipinski definition) is 6. The van der Waals surface area contributed by atoms with Gasteiger partial charge in [0.2, 0.25) is 11.0 Å². The predicted octanol–water partition coefficient (Wildman–Crippen LogP) is 4.28. The molecule has 3 aromatic rings. The molecule has 3 rings (SSSR count). The zero-order valence-electron chi connectivity index (χ0n) is 17.1. The number of alkyl carbamates (subject to hydrolysis) is 1. The van der Waals surface area contributed by atoms with Crippen molar-refractivity contribution >= 4 is 28.5 Å². The van der Waals surface area contributed by atoms with Crippen LogP contribution in [0.15, 0.2) is 60.7 Å². The third kappa shape index (κ3) is 6.38. The van der Waals surface area contributed by atoms with Crippen LogP contribution in [0, 0.1) is 0 Å². The molecule has 2 N–H and O–H groups in total. The smallest absolute Gasteiger partial charge is 0.408 e. The van der Waals surface area contributed by atoms with Crippen LogP contribution in [0.2, 0.25) is 0 Å². The average Bonchev–Trinajstić information content (AvgIpc) is 3.16. The fourth-order valence-electron chi connectivity index (χ4n) is 2.67. The predicted molar refractivity (Wildman–Crippen MR) is 117 cm³/mol. The lowest BCUT2D eigenvalue weighted by molar-refractivity contribution is -0.118. The Kier molecular flexibility index (Phi) is 6.79. The van der Waals surface area contributed by atoms with Crippen LogP contribution < -0.4 is 10.6 Å². The summed E-state index contributed by atoms with van der Waals surface area (Å²) in [5, 5.41) is 14.7. The number of nitrogens with one attached hydrogen (secondary N) is 2. The molecule has 7 nitrogen and oxygen atoms in total. The minimum atomic E-state index is -0.827. The molecular weight excluding hydrogens is 400 g/mol. The van der Waals surface area contributed by atoms with Crippen LogP contribution in [0.25, 0.3) is 10.6 Å². The summed E-state index contributed by atoms with van der Waals surface area (Å²) in [4.78, 5) is 25.2. The van der Waals surface area contributed by atoms with E-state index >= 15 is 0 Å². The number of carbonyl (C=O) groups excluding carboxylic acids is 2.